The monoisotopic (exact) mass is 167 g/mol. The van der Waals surface area contributed by atoms with Gasteiger partial charge in [-0.15, -0.1) is 0 Å². The van der Waals surface area contributed by atoms with Gasteiger partial charge in [-0.25, -0.2) is 0 Å². The van der Waals surface area contributed by atoms with Crippen LogP contribution in [0.5, 0.6) is 0 Å². The lowest BCUT2D eigenvalue weighted by atomic mass is 9.74. The zero-order valence-corrected chi connectivity index (χ0v) is 8.47. The number of nitrogens with zero attached hydrogens (tertiary/aromatic N) is 1. The van der Waals surface area contributed by atoms with E-state index in [0.29, 0.717) is 5.54 Å². The molecule has 1 nitrogen and oxygen atoms in total. The smallest absolute Gasteiger partial charge is 0.0212 e. The van der Waals surface area contributed by atoms with Gasteiger partial charge < -0.3 is 0 Å². The molecule has 0 bridgehead atoms. The molecule has 0 radical (unpaired) electrons. The van der Waals surface area contributed by atoms with Gasteiger partial charge in [-0.3, -0.25) is 4.90 Å². The van der Waals surface area contributed by atoms with Crippen molar-refractivity contribution in [3.05, 3.63) is 0 Å². The summed E-state index contributed by atoms with van der Waals surface area (Å²) in [6, 6.07) is 0.827. The highest BCUT2D eigenvalue weighted by molar-refractivity contribution is 5.03. The van der Waals surface area contributed by atoms with Crippen LogP contribution in [0.2, 0.25) is 0 Å². The maximum Gasteiger partial charge on any atom is 0.0212 e. The summed E-state index contributed by atoms with van der Waals surface area (Å²) >= 11 is 0. The molecule has 1 saturated heterocycles. The summed E-state index contributed by atoms with van der Waals surface area (Å²) in [6.07, 6.45) is 8.70. The molecule has 2 rings (SSSR count). The zero-order valence-electron chi connectivity index (χ0n) is 8.47. The summed E-state index contributed by atoms with van der Waals surface area (Å²) in [5.41, 5.74) is 0.690. The normalized spacial score (nSPS) is 30.5. The molecule has 1 saturated carbocycles. The standard InChI is InChI=1S/C11H21N/c1-3-10(2)12-9-5-8-11(12)6-4-7-11/h10H,3-9H2,1-2H3. The summed E-state index contributed by atoms with van der Waals surface area (Å²) in [5, 5.41) is 0. The predicted molar refractivity (Wildman–Crippen MR) is 52.3 cm³/mol. The maximum atomic E-state index is 2.79. The van der Waals surface area contributed by atoms with E-state index in [1.807, 2.05) is 0 Å². The molecule has 0 N–H and O–H groups in total. The lowest BCUT2D eigenvalue weighted by Crippen LogP contribution is -2.52. The summed E-state index contributed by atoms with van der Waals surface area (Å²) in [6.45, 7) is 6.08. The number of likely N-dealkylation sites (tertiary alicyclic amines) is 1. The minimum atomic E-state index is 0.690. The predicted octanol–water partition coefficient (Wildman–Crippen LogP) is 2.80. The van der Waals surface area contributed by atoms with E-state index in [1.54, 1.807) is 0 Å². The molecule has 0 aromatic carbocycles. The molecule has 1 heterocycles. The maximum absolute atomic E-state index is 2.79. The van der Waals surface area contributed by atoms with Crippen LogP contribution in [0, 0.1) is 0 Å². The summed E-state index contributed by atoms with van der Waals surface area (Å²) in [4.78, 5) is 2.79. The van der Waals surface area contributed by atoms with Crippen LogP contribution >= 0.6 is 0 Å². The van der Waals surface area contributed by atoms with Crippen molar-refractivity contribution >= 4 is 0 Å². The molecular weight excluding hydrogens is 146 g/mol. The van der Waals surface area contributed by atoms with Crippen molar-refractivity contribution in [3.8, 4) is 0 Å². The fourth-order valence-electron chi connectivity index (χ4n) is 2.99. The molecule has 1 spiro atoms. The molecule has 1 atom stereocenters. The molecular formula is C11H21N. The fourth-order valence-corrected chi connectivity index (χ4v) is 2.99. The largest absolute Gasteiger partial charge is 0.295 e. The van der Waals surface area contributed by atoms with E-state index >= 15 is 0 Å². The van der Waals surface area contributed by atoms with Gasteiger partial charge in [-0.2, -0.15) is 0 Å². The topological polar surface area (TPSA) is 3.24 Å². The zero-order chi connectivity index (χ0) is 8.60. The van der Waals surface area contributed by atoms with Crippen LogP contribution in [0.1, 0.15) is 52.4 Å². The molecule has 0 amide bonds. The third kappa shape index (κ3) is 1.10. The molecule has 2 fully saturated rings. The van der Waals surface area contributed by atoms with E-state index in [2.05, 4.69) is 18.7 Å². The Morgan fingerprint density at radius 2 is 1.92 bits per heavy atom. The van der Waals surface area contributed by atoms with Crippen molar-refractivity contribution in [1.82, 2.24) is 4.90 Å². The first kappa shape index (κ1) is 8.55. The SMILES string of the molecule is CCC(C)N1CCCC12CCC2. The van der Waals surface area contributed by atoms with Crippen LogP contribution in [-0.4, -0.2) is 23.0 Å². The Hall–Kier alpha value is -0.0400. The van der Waals surface area contributed by atoms with Crippen LogP contribution in [-0.2, 0) is 0 Å². The average molecular weight is 167 g/mol. The second-order valence-corrected chi connectivity index (χ2v) is 4.63. The van der Waals surface area contributed by atoms with Gasteiger partial charge in [0.25, 0.3) is 0 Å². The van der Waals surface area contributed by atoms with Gasteiger partial charge in [-0.1, -0.05) is 6.92 Å². The first-order valence-corrected chi connectivity index (χ1v) is 5.55. The molecule has 1 aliphatic heterocycles. The molecule has 0 aromatic heterocycles. The van der Waals surface area contributed by atoms with Crippen molar-refractivity contribution in [2.45, 2.75) is 64.0 Å². The first-order chi connectivity index (χ1) is 5.78. The summed E-state index contributed by atoms with van der Waals surface area (Å²) in [5.74, 6) is 0. The Bertz CT molecular complexity index is 160. The summed E-state index contributed by atoms with van der Waals surface area (Å²) < 4.78 is 0. The van der Waals surface area contributed by atoms with Gasteiger partial charge in [0.15, 0.2) is 0 Å². The van der Waals surface area contributed by atoms with E-state index < -0.39 is 0 Å². The van der Waals surface area contributed by atoms with Gasteiger partial charge in [0.1, 0.15) is 0 Å². The molecule has 70 valence electrons. The number of hydrogen-bond donors (Lipinski definition) is 0. The second kappa shape index (κ2) is 3.02. The third-order valence-electron chi connectivity index (χ3n) is 4.06. The van der Waals surface area contributed by atoms with Crippen molar-refractivity contribution in [2.75, 3.05) is 6.54 Å². The highest BCUT2D eigenvalue weighted by Crippen LogP contribution is 2.46. The van der Waals surface area contributed by atoms with Gasteiger partial charge in [0, 0.05) is 11.6 Å². The lowest BCUT2D eigenvalue weighted by molar-refractivity contribution is 0.0245. The van der Waals surface area contributed by atoms with E-state index in [1.165, 1.54) is 45.1 Å². The Kier molecular flexibility index (Phi) is 2.16. The van der Waals surface area contributed by atoms with Crippen LogP contribution in [0.3, 0.4) is 0 Å². The second-order valence-electron chi connectivity index (χ2n) is 4.63. The Morgan fingerprint density at radius 3 is 2.42 bits per heavy atom. The van der Waals surface area contributed by atoms with Gasteiger partial charge >= 0.3 is 0 Å². The van der Waals surface area contributed by atoms with Crippen LogP contribution in [0.4, 0.5) is 0 Å². The molecule has 0 aromatic rings. The van der Waals surface area contributed by atoms with Crippen LogP contribution in [0.15, 0.2) is 0 Å². The van der Waals surface area contributed by atoms with E-state index in [9.17, 15) is 0 Å². The molecule has 2 aliphatic rings. The Morgan fingerprint density at radius 1 is 1.25 bits per heavy atom. The summed E-state index contributed by atoms with van der Waals surface area (Å²) in [7, 11) is 0. The van der Waals surface area contributed by atoms with Crippen LogP contribution in [0.25, 0.3) is 0 Å². The van der Waals surface area contributed by atoms with E-state index in [-0.39, 0.29) is 0 Å². The van der Waals surface area contributed by atoms with Crippen molar-refractivity contribution in [2.24, 2.45) is 0 Å². The molecule has 1 aliphatic carbocycles. The highest BCUT2D eigenvalue weighted by Gasteiger charge is 2.46. The first-order valence-electron chi connectivity index (χ1n) is 5.55. The van der Waals surface area contributed by atoms with E-state index in [0.717, 1.165) is 6.04 Å². The van der Waals surface area contributed by atoms with Gasteiger partial charge in [-0.05, 0) is 52.0 Å². The van der Waals surface area contributed by atoms with Gasteiger partial charge in [0.2, 0.25) is 0 Å². The number of hydrogen-bond acceptors (Lipinski definition) is 1. The minimum absolute atomic E-state index is 0.690. The molecule has 12 heavy (non-hydrogen) atoms. The van der Waals surface area contributed by atoms with E-state index in [4.69, 9.17) is 0 Å². The third-order valence-corrected chi connectivity index (χ3v) is 4.06. The fraction of sp³-hybridized carbons (Fsp3) is 1.00. The molecule has 1 heteroatoms. The Labute approximate surface area is 76.1 Å². The Balaban J connectivity index is 2.03. The average Bonchev–Trinajstić information content (AvgIpc) is 2.45. The highest BCUT2D eigenvalue weighted by atomic mass is 15.2. The van der Waals surface area contributed by atoms with Gasteiger partial charge in [0.05, 0.1) is 0 Å². The minimum Gasteiger partial charge on any atom is -0.295 e. The number of rotatable bonds is 2. The quantitative estimate of drug-likeness (QED) is 0.611. The molecule has 1 unspecified atom stereocenters. The van der Waals surface area contributed by atoms with Crippen molar-refractivity contribution < 1.29 is 0 Å². The van der Waals surface area contributed by atoms with Crippen LogP contribution < -0.4 is 0 Å². The van der Waals surface area contributed by atoms with Crippen molar-refractivity contribution in [3.63, 3.8) is 0 Å². The lowest BCUT2D eigenvalue weighted by Gasteiger charge is -2.48. The van der Waals surface area contributed by atoms with Crippen molar-refractivity contribution in [1.29, 1.82) is 0 Å².